The fraction of sp³-hybridized carbons (Fsp3) is 0.312. The summed E-state index contributed by atoms with van der Waals surface area (Å²) >= 11 is 0. The zero-order chi connectivity index (χ0) is 14.4. The lowest BCUT2D eigenvalue weighted by atomic mass is 10.2. The van der Waals surface area contributed by atoms with Gasteiger partial charge in [-0.3, -0.25) is 0 Å². The molecule has 0 radical (unpaired) electrons. The Kier molecular flexibility index (Phi) is 4.82. The van der Waals surface area contributed by atoms with E-state index in [9.17, 15) is 0 Å². The Labute approximate surface area is 119 Å². The topological polar surface area (TPSA) is 43.4 Å². The molecule has 2 rings (SSSR count). The van der Waals surface area contributed by atoms with Crippen LogP contribution in [0, 0.1) is 0 Å². The fourth-order valence-corrected chi connectivity index (χ4v) is 1.90. The van der Waals surface area contributed by atoms with E-state index in [1.807, 2.05) is 50.2 Å². The smallest absolute Gasteiger partial charge is 0.169 e. The molecular weight excluding hydrogens is 252 g/mol. The number of nitrogens with one attached hydrogen (secondary N) is 1. The summed E-state index contributed by atoms with van der Waals surface area (Å²) in [5.41, 5.74) is 1.08. The van der Waals surface area contributed by atoms with E-state index in [1.165, 1.54) is 0 Å². The summed E-state index contributed by atoms with van der Waals surface area (Å²) in [4.78, 5) is 4.33. The minimum atomic E-state index is 0.117. The van der Waals surface area contributed by atoms with Crippen LogP contribution in [0.5, 0.6) is 11.5 Å². The molecule has 20 heavy (non-hydrogen) atoms. The lowest BCUT2D eigenvalue weighted by Crippen LogP contribution is -2.10. The van der Waals surface area contributed by atoms with Crippen LogP contribution in [0.1, 0.15) is 19.4 Å². The highest BCUT2D eigenvalue weighted by Crippen LogP contribution is 2.24. The first-order valence-electron chi connectivity index (χ1n) is 6.68. The van der Waals surface area contributed by atoms with E-state index in [0.29, 0.717) is 6.54 Å². The normalized spacial score (nSPS) is 10.4. The Bertz CT molecular complexity index is 556. The number of pyridine rings is 1. The van der Waals surface area contributed by atoms with Crippen LogP contribution < -0.4 is 14.8 Å². The molecule has 2 aromatic rings. The average Bonchev–Trinajstić information content (AvgIpc) is 2.46. The van der Waals surface area contributed by atoms with Gasteiger partial charge < -0.3 is 14.8 Å². The number of hydrogen-bond acceptors (Lipinski definition) is 4. The second-order valence-corrected chi connectivity index (χ2v) is 4.68. The summed E-state index contributed by atoms with van der Waals surface area (Å²) in [5.74, 6) is 2.37. The van der Waals surface area contributed by atoms with E-state index in [1.54, 1.807) is 13.3 Å². The number of anilines is 1. The molecule has 0 aliphatic heterocycles. The van der Waals surface area contributed by atoms with Gasteiger partial charge in [0.15, 0.2) is 11.6 Å². The molecule has 0 aliphatic carbocycles. The van der Waals surface area contributed by atoms with Gasteiger partial charge in [-0.2, -0.15) is 0 Å². The van der Waals surface area contributed by atoms with Crippen LogP contribution in [-0.4, -0.2) is 18.2 Å². The number of methoxy groups -OCH3 is 1. The maximum absolute atomic E-state index is 5.73. The van der Waals surface area contributed by atoms with E-state index in [4.69, 9.17) is 9.47 Å². The highest BCUT2D eigenvalue weighted by molar-refractivity contribution is 5.50. The first kappa shape index (κ1) is 14.2. The Hall–Kier alpha value is -2.23. The number of para-hydroxylation sites is 1. The third kappa shape index (κ3) is 3.63. The molecule has 0 bridgehead atoms. The molecule has 1 heterocycles. The molecule has 0 aliphatic rings. The van der Waals surface area contributed by atoms with Gasteiger partial charge in [0, 0.05) is 18.3 Å². The van der Waals surface area contributed by atoms with Crippen molar-refractivity contribution in [3.63, 3.8) is 0 Å². The Balaban J connectivity index is 2.11. The largest absolute Gasteiger partial charge is 0.496 e. The van der Waals surface area contributed by atoms with Gasteiger partial charge >= 0.3 is 0 Å². The summed E-state index contributed by atoms with van der Waals surface area (Å²) in [6.07, 6.45) is 1.86. The lowest BCUT2D eigenvalue weighted by molar-refractivity contribution is 0.243. The minimum absolute atomic E-state index is 0.117. The Morgan fingerprint density at radius 2 is 1.85 bits per heavy atom. The quantitative estimate of drug-likeness (QED) is 0.874. The first-order chi connectivity index (χ1) is 9.70. The van der Waals surface area contributed by atoms with Crippen molar-refractivity contribution in [1.82, 2.24) is 4.98 Å². The third-order valence-corrected chi connectivity index (χ3v) is 2.77. The van der Waals surface area contributed by atoms with Crippen LogP contribution in [0.15, 0.2) is 42.6 Å². The van der Waals surface area contributed by atoms with Crippen molar-refractivity contribution in [2.45, 2.75) is 26.5 Å². The summed E-state index contributed by atoms with van der Waals surface area (Å²) < 4.78 is 11.1. The van der Waals surface area contributed by atoms with Crippen molar-refractivity contribution in [2.75, 3.05) is 12.4 Å². The standard InChI is InChI=1S/C16H20N2O2/c1-12(2)20-15-9-6-10-17-16(15)18-11-13-7-4-5-8-14(13)19-3/h4-10,12H,11H2,1-3H3,(H,17,18). The molecule has 0 fully saturated rings. The predicted molar refractivity (Wildman–Crippen MR) is 80.3 cm³/mol. The van der Waals surface area contributed by atoms with Crippen LogP contribution in [0.25, 0.3) is 0 Å². The minimum Gasteiger partial charge on any atom is -0.496 e. The maximum Gasteiger partial charge on any atom is 0.169 e. The van der Waals surface area contributed by atoms with Gasteiger partial charge in [-0.05, 0) is 32.0 Å². The summed E-state index contributed by atoms with van der Waals surface area (Å²) in [5, 5.41) is 3.29. The van der Waals surface area contributed by atoms with Crippen LogP contribution in [-0.2, 0) is 6.54 Å². The van der Waals surface area contributed by atoms with Gasteiger partial charge in [0.05, 0.1) is 13.2 Å². The van der Waals surface area contributed by atoms with Gasteiger partial charge in [-0.1, -0.05) is 18.2 Å². The summed E-state index contributed by atoms with van der Waals surface area (Å²) in [6, 6.07) is 11.7. The number of aromatic nitrogens is 1. The van der Waals surface area contributed by atoms with E-state index >= 15 is 0 Å². The van der Waals surface area contributed by atoms with Crippen LogP contribution in [0.2, 0.25) is 0 Å². The van der Waals surface area contributed by atoms with Crippen molar-refractivity contribution in [2.24, 2.45) is 0 Å². The van der Waals surface area contributed by atoms with Gasteiger partial charge in [-0.15, -0.1) is 0 Å². The average molecular weight is 272 g/mol. The SMILES string of the molecule is COc1ccccc1CNc1ncccc1OC(C)C. The Morgan fingerprint density at radius 3 is 2.60 bits per heavy atom. The molecule has 4 nitrogen and oxygen atoms in total. The molecule has 0 spiro atoms. The number of benzene rings is 1. The van der Waals surface area contributed by atoms with E-state index in [0.717, 1.165) is 22.9 Å². The molecule has 0 amide bonds. The van der Waals surface area contributed by atoms with Gasteiger partial charge in [0.25, 0.3) is 0 Å². The lowest BCUT2D eigenvalue weighted by Gasteiger charge is -2.15. The fourth-order valence-electron chi connectivity index (χ4n) is 1.90. The van der Waals surface area contributed by atoms with Gasteiger partial charge in [-0.25, -0.2) is 4.98 Å². The highest BCUT2D eigenvalue weighted by atomic mass is 16.5. The molecule has 0 saturated heterocycles. The molecule has 1 N–H and O–H groups in total. The van der Waals surface area contributed by atoms with Gasteiger partial charge in [0.2, 0.25) is 0 Å². The number of rotatable bonds is 6. The zero-order valence-corrected chi connectivity index (χ0v) is 12.1. The highest BCUT2D eigenvalue weighted by Gasteiger charge is 2.07. The molecule has 106 valence electrons. The Morgan fingerprint density at radius 1 is 1.10 bits per heavy atom. The molecule has 1 aromatic heterocycles. The molecule has 4 heteroatoms. The number of nitrogens with zero attached hydrogens (tertiary/aromatic N) is 1. The van der Waals surface area contributed by atoms with Crippen molar-refractivity contribution in [1.29, 1.82) is 0 Å². The van der Waals surface area contributed by atoms with E-state index < -0.39 is 0 Å². The van der Waals surface area contributed by atoms with E-state index in [2.05, 4.69) is 10.3 Å². The van der Waals surface area contributed by atoms with Crippen LogP contribution >= 0.6 is 0 Å². The van der Waals surface area contributed by atoms with Crippen molar-refractivity contribution < 1.29 is 9.47 Å². The molecule has 1 aromatic carbocycles. The predicted octanol–water partition coefficient (Wildman–Crippen LogP) is 3.49. The molecular formula is C16H20N2O2. The first-order valence-corrected chi connectivity index (χ1v) is 6.68. The third-order valence-electron chi connectivity index (χ3n) is 2.77. The monoisotopic (exact) mass is 272 g/mol. The zero-order valence-electron chi connectivity index (χ0n) is 12.1. The molecule has 0 saturated carbocycles. The second kappa shape index (κ2) is 6.80. The van der Waals surface area contributed by atoms with Crippen LogP contribution in [0.4, 0.5) is 5.82 Å². The van der Waals surface area contributed by atoms with Crippen LogP contribution in [0.3, 0.4) is 0 Å². The molecule has 0 atom stereocenters. The number of hydrogen-bond donors (Lipinski definition) is 1. The van der Waals surface area contributed by atoms with Gasteiger partial charge in [0.1, 0.15) is 5.75 Å². The van der Waals surface area contributed by atoms with E-state index in [-0.39, 0.29) is 6.10 Å². The summed E-state index contributed by atoms with van der Waals surface area (Å²) in [7, 11) is 1.67. The number of ether oxygens (including phenoxy) is 2. The second-order valence-electron chi connectivity index (χ2n) is 4.68. The summed E-state index contributed by atoms with van der Waals surface area (Å²) in [6.45, 7) is 4.63. The van der Waals surface area contributed by atoms with Crippen molar-refractivity contribution >= 4 is 5.82 Å². The van der Waals surface area contributed by atoms with Crippen molar-refractivity contribution in [3.05, 3.63) is 48.2 Å². The van der Waals surface area contributed by atoms with Crippen molar-refractivity contribution in [3.8, 4) is 11.5 Å². The maximum atomic E-state index is 5.73. The molecule has 0 unspecified atom stereocenters.